The minimum absolute atomic E-state index is 0.212. The van der Waals surface area contributed by atoms with Crippen LogP contribution in [0, 0.1) is 6.92 Å². The second-order valence-corrected chi connectivity index (χ2v) is 4.05. The lowest BCUT2D eigenvalue weighted by atomic mass is 10.1. The molecular formula is C12H15NO2. The molecule has 1 aromatic rings. The summed E-state index contributed by atoms with van der Waals surface area (Å²) in [5.41, 5.74) is 2.82. The average Bonchev–Trinajstić information content (AvgIpc) is 2.65. The van der Waals surface area contributed by atoms with Gasteiger partial charge in [0.2, 0.25) is 0 Å². The zero-order valence-corrected chi connectivity index (χ0v) is 8.81. The van der Waals surface area contributed by atoms with Crippen LogP contribution in [0.3, 0.4) is 0 Å². The molecule has 0 amide bonds. The first-order valence-corrected chi connectivity index (χ1v) is 5.19. The van der Waals surface area contributed by atoms with Gasteiger partial charge in [-0.1, -0.05) is 0 Å². The van der Waals surface area contributed by atoms with Crippen molar-refractivity contribution < 1.29 is 9.90 Å². The fraction of sp³-hybridized carbons (Fsp3) is 0.417. The molecular weight excluding hydrogens is 190 g/mol. The third-order valence-electron chi connectivity index (χ3n) is 2.91. The van der Waals surface area contributed by atoms with Crippen molar-refractivity contribution in [1.29, 1.82) is 0 Å². The highest BCUT2D eigenvalue weighted by Crippen LogP contribution is 2.22. The van der Waals surface area contributed by atoms with Crippen LogP contribution in [0.25, 0.3) is 0 Å². The first-order valence-electron chi connectivity index (χ1n) is 5.19. The molecule has 1 heterocycles. The lowest BCUT2D eigenvalue weighted by Gasteiger charge is -2.18. The Morgan fingerprint density at radius 2 is 2.33 bits per heavy atom. The van der Waals surface area contributed by atoms with Gasteiger partial charge in [0.25, 0.3) is 0 Å². The second-order valence-electron chi connectivity index (χ2n) is 4.05. The SMILES string of the molecule is Cc1cc(N2CCC(O)C2)ccc1C=O. The van der Waals surface area contributed by atoms with Crippen LogP contribution in [0.15, 0.2) is 18.2 Å². The molecule has 80 valence electrons. The molecule has 0 radical (unpaired) electrons. The van der Waals surface area contributed by atoms with E-state index in [1.165, 1.54) is 0 Å². The predicted octanol–water partition coefficient (Wildman–Crippen LogP) is 1.38. The van der Waals surface area contributed by atoms with Gasteiger partial charge in [0.05, 0.1) is 6.10 Å². The van der Waals surface area contributed by atoms with Gasteiger partial charge in [0.1, 0.15) is 6.29 Å². The molecule has 1 atom stereocenters. The number of benzene rings is 1. The largest absolute Gasteiger partial charge is 0.391 e. The number of aliphatic hydroxyl groups excluding tert-OH is 1. The number of anilines is 1. The van der Waals surface area contributed by atoms with Gasteiger partial charge in [-0.05, 0) is 37.1 Å². The summed E-state index contributed by atoms with van der Waals surface area (Å²) in [6.45, 7) is 3.51. The Kier molecular flexibility index (Phi) is 2.73. The number of hydrogen-bond acceptors (Lipinski definition) is 3. The third-order valence-corrected chi connectivity index (χ3v) is 2.91. The molecule has 0 saturated carbocycles. The van der Waals surface area contributed by atoms with Gasteiger partial charge >= 0.3 is 0 Å². The molecule has 3 nitrogen and oxygen atoms in total. The molecule has 0 aliphatic carbocycles. The minimum Gasteiger partial charge on any atom is -0.391 e. The molecule has 15 heavy (non-hydrogen) atoms. The number of carbonyl (C=O) groups is 1. The standard InChI is InChI=1S/C12H15NO2/c1-9-6-11(3-2-10(9)8-14)13-5-4-12(15)7-13/h2-3,6,8,12,15H,4-5,7H2,1H3. The van der Waals surface area contributed by atoms with E-state index in [2.05, 4.69) is 4.90 Å². The minimum atomic E-state index is -0.212. The summed E-state index contributed by atoms with van der Waals surface area (Å²) in [4.78, 5) is 12.8. The second kappa shape index (κ2) is 4.03. The Labute approximate surface area is 89.3 Å². The van der Waals surface area contributed by atoms with Crippen LogP contribution in [0.2, 0.25) is 0 Å². The molecule has 1 saturated heterocycles. The van der Waals surface area contributed by atoms with E-state index < -0.39 is 0 Å². The summed E-state index contributed by atoms with van der Waals surface area (Å²) in [6.07, 6.45) is 1.49. The van der Waals surface area contributed by atoms with Crippen LogP contribution in [0.1, 0.15) is 22.3 Å². The van der Waals surface area contributed by atoms with Gasteiger partial charge in [0, 0.05) is 24.3 Å². The van der Waals surface area contributed by atoms with Gasteiger partial charge in [-0.15, -0.1) is 0 Å². The molecule has 1 unspecified atom stereocenters. The number of aldehydes is 1. The van der Waals surface area contributed by atoms with Crippen molar-refractivity contribution >= 4 is 12.0 Å². The van der Waals surface area contributed by atoms with Crippen LogP contribution < -0.4 is 4.90 Å². The molecule has 0 spiro atoms. The summed E-state index contributed by atoms with van der Waals surface area (Å²) < 4.78 is 0. The van der Waals surface area contributed by atoms with Crippen molar-refractivity contribution in [2.45, 2.75) is 19.4 Å². The normalized spacial score (nSPS) is 20.7. The van der Waals surface area contributed by atoms with Crippen LogP contribution in [-0.4, -0.2) is 30.6 Å². The number of nitrogens with zero attached hydrogens (tertiary/aromatic N) is 1. The van der Waals surface area contributed by atoms with Crippen LogP contribution >= 0.6 is 0 Å². The lowest BCUT2D eigenvalue weighted by molar-refractivity contribution is 0.112. The van der Waals surface area contributed by atoms with Gasteiger partial charge in [0.15, 0.2) is 0 Å². The smallest absolute Gasteiger partial charge is 0.150 e. The highest BCUT2D eigenvalue weighted by molar-refractivity contribution is 5.78. The highest BCUT2D eigenvalue weighted by atomic mass is 16.3. The van der Waals surface area contributed by atoms with Crippen molar-refractivity contribution in [1.82, 2.24) is 0 Å². The molecule has 1 N–H and O–H groups in total. The van der Waals surface area contributed by atoms with Crippen LogP contribution in [0.4, 0.5) is 5.69 Å². The molecule has 1 aromatic carbocycles. The van der Waals surface area contributed by atoms with Crippen molar-refractivity contribution in [3.05, 3.63) is 29.3 Å². The number of hydrogen-bond donors (Lipinski definition) is 1. The van der Waals surface area contributed by atoms with Crippen LogP contribution in [-0.2, 0) is 0 Å². The average molecular weight is 205 g/mol. The monoisotopic (exact) mass is 205 g/mol. The van der Waals surface area contributed by atoms with Crippen molar-refractivity contribution in [3.8, 4) is 0 Å². The zero-order chi connectivity index (χ0) is 10.8. The maximum absolute atomic E-state index is 10.7. The summed E-state index contributed by atoms with van der Waals surface area (Å²) in [5.74, 6) is 0. The molecule has 1 fully saturated rings. The van der Waals surface area contributed by atoms with E-state index in [4.69, 9.17) is 0 Å². The predicted molar refractivity (Wildman–Crippen MR) is 59.4 cm³/mol. The Morgan fingerprint density at radius 1 is 1.53 bits per heavy atom. The Hall–Kier alpha value is -1.35. The quantitative estimate of drug-likeness (QED) is 0.741. The summed E-state index contributed by atoms with van der Waals surface area (Å²) in [7, 11) is 0. The fourth-order valence-corrected chi connectivity index (χ4v) is 1.97. The van der Waals surface area contributed by atoms with E-state index in [1.807, 2.05) is 25.1 Å². The number of carbonyl (C=O) groups excluding carboxylic acids is 1. The van der Waals surface area contributed by atoms with Gasteiger partial charge < -0.3 is 10.0 Å². The van der Waals surface area contributed by atoms with E-state index in [9.17, 15) is 9.90 Å². The van der Waals surface area contributed by atoms with E-state index >= 15 is 0 Å². The maximum Gasteiger partial charge on any atom is 0.150 e. The van der Waals surface area contributed by atoms with Gasteiger partial charge in [-0.2, -0.15) is 0 Å². The number of β-amino-alcohol motifs (C(OH)–C–C–N with tert-alkyl or cyclic N) is 1. The highest BCUT2D eigenvalue weighted by Gasteiger charge is 2.20. The molecule has 3 heteroatoms. The Balaban J connectivity index is 2.22. The molecule has 2 rings (SSSR count). The van der Waals surface area contributed by atoms with Gasteiger partial charge in [-0.3, -0.25) is 4.79 Å². The summed E-state index contributed by atoms with van der Waals surface area (Å²) in [6, 6.07) is 5.78. The fourth-order valence-electron chi connectivity index (χ4n) is 1.97. The lowest BCUT2D eigenvalue weighted by Crippen LogP contribution is -2.21. The number of aliphatic hydroxyl groups is 1. The summed E-state index contributed by atoms with van der Waals surface area (Å²) >= 11 is 0. The third kappa shape index (κ3) is 2.02. The first kappa shape index (κ1) is 10.2. The summed E-state index contributed by atoms with van der Waals surface area (Å²) in [5, 5.41) is 9.43. The van der Waals surface area contributed by atoms with E-state index in [0.717, 1.165) is 36.1 Å². The molecule has 0 aromatic heterocycles. The number of aryl methyl sites for hydroxylation is 1. The molecule has 1 aliphatic rings. The Morgan fingerprint density at radius 3 is 2.87 bits per heavy atom. The molecule has 1 aliphatic heterocycles. The topological polar surface area (TPSA) is 40.5 Å². The van der Waals surface area contributed by atoms with E-state index in [-0.39, 0.29) is 6.10 Å². The van der Waals surface area contributed by atoms with E-state index in [0.29, 0.717) is 6.54 Å². The Bertz CT molecular complexity index is 376. The van der Waals surface area contributed by atoms with Crippen molar-refractivity contribution in [3.63, 3.8) is 0 Å². The van der Waals surface area contributed by atoms with Crippen molar-refractivity contribution in [2.75, 3.05) is 18.0 Å². The first-order chi connectivity index (χ1) is 7.20. The molecule has 0 bridgehead atoms. The zero-order valence-electron chi connectivity index (χ0n) is 8.81. The van der Waals surface area contributed by atoms with Crippen molar-refractivity contribution in [2.24, 2.45) is 0 Å². The number of rotatable bonds is 2. The maximum atomic E-state index is 10.7. The van der Waals surface area contributed by atoms with E-state index in [1.54, 1.807) is 0 Å². The van der Waals surface area contributed by atoms with Crippen LogP contribution in [0.5, 0.6) is 0 Å². The van der Waals surface area contributed by atoms with Gasteiger partial charge in [-0.25, -0.2) is 0 Å².